The van der Waals surface area contributed by atoms with Crippen LogP contribution in [0.3, 0.4) is 0 Å². The van der Waals surface area contributed by atoms with Crippen LogP contribution >= 0.6 is 0 Å². The van der Waals surface area contributed by atoms with E-state index in [0.29, 0.717) is 31.5 Å². The van der Waals surface area contributed by atoms with Crippen LogP contribution in [0.2, 0.25) is 0 Å². The molecule has 1 fully saturated rings. The Morgan fingerprint density at radius 2 is 1.64 bits per heavy atom. The standard InChI is InChI=1S/C24H30FN3O4S/c1-16(2)22(27-33(31,32)21-11-7-6-10-20(21)25)24(30)28-14-12-18(13-15-28)26-23(29)19-9-5-4-8-17(19)3/h4-11,16,18,22,27H,12-15H2,1-3H3,(H,26,29)/t22-/m0/s1. The van der Waals surface area contributed by atoms with Crippen molar-refractivity contribution in [2.45, 2.75) is 50.6 Å². The van der Waals surface area contributed by atoms with Gasteiger partial charge in [0, 0.05) is 24.7 Å². The minimum Gasteiger partial charge on any atom is -0.349 e. The number of carbonyl (C=O) groups excluding carboxylic acids is 2. The van der Waals surface area contributed by atoms with E-state index in [2.05, 4.69) is 10.0 Å². The molecule has 0 aromatic heterocycles. The summed E-state index contributed by atoms with van der Waals surface area (Å²) in [6.07, 6.45) is 1.13. The number of nitrogens with one attached hydrogen (secondary N) is 2. The number of carbonyl (C=O) groups is 2. The molecule has 3 rings (SSSR count). The lowest BCUT2D eigenvalue weighted by molar-refractivity contribution is -0.135. The first-order valence-electron chi connectivity index (χ1n) is 11.0. The molecule has 9 heteroatoms. The largest absolute Gasteiger partial charge is 0.349 e. The Morgan fingerprint density at radius 3 is 2.24 bits per heavy atom. The van der Waals surface area contributed by atoms with Crippen molar-refractivity contribution < 1.29 is 22.4 Å². The lowest BCUT2D eigenvalue weighted by Gasteiger charge is -2.35. The Bertz CT molecular complexity index is 1110. The summed E-state index contributed by atoms with van der Waals surface area (Å²) in [6, 6.07) is 11.3. The summed E-state index contributed by atoms with van der Waals surface area (Å²) >= 11 is 0. The predicted molar refractivity (Wildman–Crippen MR) is 124 cm³/mol. The van der Waals surface area contributed by atoms with E-state index in [-0.39, 0.29) is 23.8 Å². The van der Waals surface area contributed by atoms with Gasteiger partial charge in [-0.3, -0.25) is 9.59 Å². The van der Waals surface area contributed by atoms with Gasteiger partial charge in [-0.05, 0) is 49.4 Å². The van der Waals surface area contributed by atoms with Gasteiger partial charge in [0.1, 0.15) is 16.8 Å². The number of likely N-dealkylation sites (tertiary alicyclic amines) is 1. The fourth-order valence-electron chi connectivity index (χ4n) is 3.90. The molecule has 178 valence electrons. The molecule has 0 bridgehead atoms. The maximum absolute atomic E-state index is 14.0. The maximum Gasteiger partial charge on any atom is 0.251 e. The normalized spacial score (nSPS) is 16.0. The SMILES string of the molecule is Cc1ccccc1C(=O)NC1CCN(C(=O)[C@@H](NS(=O)(=O)c2ccccc2F)C(C)C)CC1. The number of aryl methyl sites for hydroxylation is 1. The third-order valence-electron chi connectivity index (χ3n) is 5.87. The highest BCUT2D eigenvalue weighted by atomic mass is 32.2. The lowest BCUT2D eigenvalue weighted by Crippen LogP contribution is -2.54. The number of piperidine rings is 1. The van der Waals surface area contributed by atoms with Crippen molar-refractivity contribution in [1.82, 2.24) is 14.9 Å². The molecule has 7 nitrogen and oxygen atoms in total. The molecule has 2 N–H and O–H groups in total. The Labute approximate surface area is 194 Å². The smallest absolute Gasteiger partial charge is 0.251 e. The first-order chi connectivity index (χ1) is 15.6. The zero-order valence-electron chi connectivity index (χ0n) is 19.0. The molecule has 2 aromatic rings. The zero-order chi connectivity index (χ0) is 24.2. The van der Waals surface area contributed by atoms with Gasteiger partial charge < -0.3 is 10.2 Å². The fourth-order valence-corrected chi connectivity index (χ4v) is 5.31. The molecule has 1 aliphatic rings. The van der Waals surface area contributed by atoms with E-state index in [1.165, 1.54) is 18.2 Å². The molecule has 0 spiro atoms. The van der Waals surface area contributed by atoms with Crippen molar-refractivity contribution >= 4 is 21.8 Å². The van der Waals surface area contributed by atoms with Crippen molar-refractivity contribution in [2.75, 3.05) is 13.1 Å². The van der Waals surface area contributed by atoms with Gasteiger partial charge in [0.2, 0.25) is 15.9 Å². The van der Waals surface area contributed by atoms with Crippen LogP contribution in [0.5, 0.6) is 0 Å². The quantitative estimate of drug-likeness (QED) is 0.644. The fraction of sp³-hybridized carbons (Fsp3) is 0.417. The van der Waals surface area contributed by atoms with Gasteiger partial charge in [-0.25, -0.2) is 12.8 Å². The molecular weight excluding hydrogens is 445 g/mol. The summed E-state index contributed by atoms with van der Waals surface area (Å²) in [7, 11) is -4.21. The topological polar surface area (TPSA) is 95.6 Å². The molecular formula is C24H30FN3O4S. The lowest BCUT2D eigenvalue weighted by atomic mass is 9.99. The van der Waals surface area contributed by atoms with Gasteiger partial charge in [-0.1, -0.05) is 44.2 Å². The molecule has 0 aliphatic carbocycles. The van der Waals surface area contributed by atoms with Crippen LogP contribution in [-0.4, -0.2) is 50.3 Å². The second kappa shape index (κ2) is 10.4. The average molecular weight is 476 g/mol. The van der Waals surface area contributed by atoms with Gasteiger partial charge in [0.15, 0.2) is 0 Å². The molecule has 1 saturated heterocycles. The summed E-state index contributed by atoms with van der Waals surface area (Å²) in [5.74, 6) is -1.70. The van der Waals surface area contributed by atoms with Crippen LogP contribution in [0.1, 0.15) is 42.6 Å². The van der Waals surface area contributed by atoms with Gasteiger partial charge in [-0.15, -0.1) is 0 Å². The summed E-state index contributed by atoms with van der Waals surface area (Å²) < 4.78 is 41.9. The predicted octanol–water partition coefficient (Wildman–Crippen LogP) is 2.86. The van der Waals surface area contributed by atoms with E-state index >= 15 is 0 Å². The number of hydrogen-bond acceptors (Lipinski definition) is 4. The maximum atomic E-state index is 14.0. The number of sulfonamides is 1. The first-order valence-corrected chi connectivity index (χ1v) is 12.5. The van der Waals surface area contributed by atoms with Crippen LogP contribution in [-0.2, 0) is 14.8 Å². The minimum atomic E-state index is -4.21. The van der Waals surface area contributed by atoms with Crippen LogP contribution in [0.4, 0.5) is 4.39 Å². The van der Waals surface area contributed by atoms with Crippen molar-refractivity contribution in [2.24, 2.45) is 5.92 Å². The molecule has 2 amide bonds. The van der Waals surface area contributed by atoms with Crippen LogP contribution in [0.25, 0.3) is 0 Å². The molecule has 33 heavy (non-hydrogen) atoms. The second-order valence-corrected chi connectivity index (χ2v) is 10.3. The highest BCUT2D eigenvalue weighted by Gasteiger charge is 2.34. The Balaban J connectivity index is 1.62. The van der Waals surface area contributed by atoms with E-state index in [1.54, 1.807) is 24.8 Å². The minimum absolute atomic E-state index is 0.0752. The van der Waals surface area contributed by atoms with Crippen LogP contribution < -0.4 is 10.0 Å². The molecule has 0 unspecified atom stereocenters. The van der Waals surface area contributed by atoms with Crippen molar-refractivity contribution in [3.63, 3.8) is 0 Å². The van der Waals surface area contributed by atoms with Gasteiger partial charge in [-0.2, -0.15) is 4.72 Å². The van der Waals surface area contributed by atoms with Crippen LogP contribution in [0.15, 0.2) is 53.4 Å². The molecule has 0 saturated carbocycles. The first kappa shape index (κ1) is 24.9. The average Bonchev–Trinajstić information content (AvgIpc) is 2.78. The monoisotopic (exact) mass is 475 g/mol. The number of rotatable bonds is 7. The van der Waals surface area contributed by atoms with Crippen LogP contribution in [0, 0.1) is 18.7 Å². The van der Waals surface area contributed by atoms with Crippen molar-refractivity contribution in [3.05, 3.63) is 65.5 Å². The Hall–Kier alpha value is -2.78. The Morgan fingerprint density at radius 1 is 1.03 bits per heavy atom. The second-order valence-electron chi connectivity index (χ2n) is 8.66. The molecule has 1 aliphatic heterocycles. The van der Waals surface area contributed by atoms with E-state index < -0.39 is 26.8 Å². The van der Waals surface area contributed by atoms with E-state index in [1.807, 2.05) is 25.1 Å². The van der Waals surface area contributed by atoms with E-state index in [4.69, 9.17) is 0 Å². The van der Waals surface area contributed by atoms with E-state index in [9.17, 15) is 22.4 Å². The number of amides is 2. The molecule has 2 aromatic carbocycles. The summed E-state index contributed by atoms with van der Waals surface area (Å²) in [5, 5.41) is 3.02. The van der Waals surface area contributed by atoms with Gasteiger partial charge in [0.05, 0.1) is 0 Å². The number of halogens is 1. The Kier molecular flexibility index (Phi) is 7.86. The molecule has 1 heterocycles. The third-order valence-corrected chi connectivity index (χ3v) is 7.35. The number of benzene rings is 2. The van der Waals surface area contributed by atoms with E-state index in [0.717, 1.165) is 11.6 Å². The highest BCUT2D eigenvalue weighted by Crippen LogP contribution is 2.19. The molecule has 0 radical (unpaired) electrons. The summed E-state index contributed by atoms with van der Waals surface area (Å²) in [5.41, 5.74) is 1.52. The van der Waals surface area contributed by atoms with Gasteiger partial charge >= 0.3 is 0 Å². The number of nitrogens with zero attached hydrogens (tertiary/aromatic N) is 1. The number of hydrogen-bond donors (Lipinski definition) is 2. The third kappa shape index (κ3) is 5.97. The highest BCUT2D eigenvalue weighted by molar-refractivity contribution is 7.89. The summed E-state index contributed by atoms with van der Waals surface area (Å²) in [6.45, 7) is 6.14. The zero-order valence-corrected chi connectivity index (χ0v) is 19.9. The van der Waals surface area contributed by atoms with Crippen molar-refractivity contribution in [1.29, 1.82) is 0 Å². The molecule has 1 atom stereocenters. The van der Waals surface area contributed by atoms with Gasteiger partial charge in [0.25, 0.3) is 5.91 Å². The summed E-state index contributed by atoms with van der Waals surface area (Å²) in [4.78, 5) is 26.8. The van der Waals surface area contributed by atoms with Crippen molar-refractivity contribution in [3.8, 4) is 0 Å².